The van der Waals surface area contributed by atoms with Crippen LogP contribution in [0.5, 0.6) is 5.75 Å². The SMILES string of the molecule is NC(=O)Cc1ccccc1OCCCN1CCC(c2noc3cc(F)ccc23)CC1. The third-order valence-corrected chi connectivity index (χ3v) is 5.65. The number of ether oxygens (including phenoxy) is 1. The van der Waals surface area contributed by atoms with Crippen LogP contribution < -0.4 is 10.5 Å². The molecule has 1 aliphatic heterocycles. The summed E-state index contributed by atoms with van der Waals surface area (Å²) in [5.74, 6) is 0.396. The van der Waals surface area contributed by atoms with Crippen molar-refractivity contribution in [3.05, 3.63) is 59.5 Å². The van der Waals surface area contributed by atoms with Crippen LogP contribution in [0.3, 0.4) is 0 Å². The number of hydrogen-bond acceptors (Lipinski definition) is 5. The summed E-state index contributed by atoms with van der Waals surface area (Å²) in [6, 6.07) is 12.1. The van der Waals surface area contributed by atoms with Gasteiger partial charge in [-0.15, -0.1) is 0 Å². The van der Waals surface area contributed by atoms with E-state index in [0.717, 1.165) is 61.3 Å². The number of para-hydroxylation sites is 1. The van der Waals surface area contributed by atoms with Crippen LogP contribution in [0.4, 0.5) is 4.39 Å². The van der Waals surface area contributed by atoms with Crippen LogP contribution >= 0.6 is 0 Å². The number of nitrogens with two attached hydrogens (primary N) is 1. The number of hydrogen-bond donors (Lipinski definition) is 1. The van der Waals surface area contributed by atoms with Gasteiger partial charge in [-0.25, -0.2) is 4.39 Å². The molecule has 1 aromatic heterocycles. The summed E-state index contributed by atoms with van der Waals surface area (Å²) in [6.45, 7) is 3.52. The Labute approximate surface area is 174 Å². The van der Waals surface area contributed by atoms with Crippen molar-refractivity contribution < 1.29 is 18.4 Å². The summed E-state index contributed by atoms with van der Waals surface area (Å²) in [7, 11) is 0. The molecule has 2 aromatic carbocycles. The molecule has 0 spiro atoms. The van der Waals surface area contributed by atoms with Gasteiger partial charge in [0.25, 0.3) is 0 Å². The molecule has 2 heterocycles. The minimum atomic E-state index is -0.362. The highest BCUT2D eigenvalue weighted by atomic mass is 19.1. The number of nitrogens with zero attached hydrogens (tertiary/aromatic N) is 2. The second-order valence-electron chi connectivity index (χ2n) is 7.78. The molecule has 1 saturated heterocycles. The number of carbonyl (C=O) groups excluding carboxylic acids is 1. The number of amides is 1. The van der Waals surface area contributed by atoms with Crippen molar-refractivity contribution in [2.75, 3.05) is 26.2 Å². The zero-order valence-electron chi connectivity index (χ0n) is 16.9. The quantitative estimate of drug-likeness (QED) is 0.572. The predicted octanol–water partition coefficient (Wildman–Crippen LogP) is 3.64. The van der Waals surface area contributed by atoms with E-state index in [-0.39, 0.29) is 18.1 Å². The van der Waals surface area contributed by atoms with E-state index in [9.17, 15) is 9.18 Å². The van der Waals surface area contributed by atoms with Crippen LogP contribution in [0.15, 0.2) is 47.0 Å². The Kier molecular flexibility index (Phi) is 6.28. The van der Waals surface area contributed by atoms with E-state index in [1.807, 2.05) is 24.3 Å². The zero-order chi connectivity index (χ0) is 20.9. The molecule has 7 heteroatoms. The lowest BCUT2D eigenvalue weighted by Gasteiger charge is -2.31. The van der Waals surface area contributed by atoms with E-state index in [1.165, 1.54) is 12.1 Å². The van der Waals surface area contributed by atoms with Crippen LogP contribution in [-0.4, -0.2) is 42.2 Å². The first-order valence-electron chi connectivity index (χ1n) is 10.4. The standard InChI is InChI=1S/C23H26FN3O3/c24-18-6-7-19-21(15-18)30-26-23(19)16-8-11-27(12-9-16)10-3-13-29-20-5-2-1-4-17(20)14-22(25)28/h1-2,4-7,15-16H,3,8-14H2,(H2,25,28). The van der Waals surface area contributed by atoms with Crippen molar-refractivity contribution in [2.24, 2.45) is 5.73 Å². The summed E-state index contributed by atoms with van der Waals surface area (Å²) in [4.78, 5) is 13.6. The van der Waals surface area contributed by atoms with Crippen LogP contribution in [0.25, 0.3) is 11.0 Å². The third kappa shape index (κ3) is 4.79. The number of benzene rings is 2. The van der Waals surface area contributed by atoms with E-state index in [1.54, 1.807) is 6.07 Å². The minimum absolute atomic E-state index is 0.188. The second kappa shape index (κ2) is 9.26. The fourth-order valence-electron chi connectivity index (χ4n) is 4.10. The lowest BCUT2D eigenvalue weighted by molar-refractivity contribution is -0.117. The first-order chi connectivity index (χ1) is 14.6. The lowest BCUT2D eigenvalue weighted by atomic mass is 9.91. The Morgan fingerprint density at radius 1 is 1.23 bits per heavy atom. The highest BCUT2D eigenvalue weighted by Crippen LogP contribution is 2.32. The van der Waals surface area contributed by atoms with Gasteiger partial charge in [-0.2, -0.15) is 0 Å². The largest absolute Gasteiger partial charge is 0.493 e. The maximum Gasteiger partial charge on any atom is 0.221 e. The maximum absolute atomic E-state index is 13.3. The average molecular weight is 411 g/mol. The number of fused-ring (bicyclic) bond motifs is 1. The molecule has 0 aliphatic carbocycles. The van der Waals surface area contributed by atoms with Crippen molar-refractivity contribution in [1.82, 2.24) is 10.1 Å². The Morgan fingerprint density at radius 3 is 2.83 bits per heavy atom. The van der Waals surface area contributed by atoms with Gasteiger partial charge in [0.2, 0.25) is 5.91 Å². The highest BCUT2D eigenvalue weighted by molar-refractivity contribution is 5.80. The zero-order valence-corrected chi connectivity index (χ0v) is 16.9. The van der Waals surface area contributed by atoms with Gasteiger partial charge >= 0.3 is 0 Å². The molecule has 0 bridgehead atoms. The lowest BCUT2D eigenvalue weighted by Crippen LogP contribution is -2.34. The van der Waals surface area contributed by atoms with E-state index < -0.39 is 0 Å². The molecule has 6 nitrogen and oxygen atoms in total. The first kappa shape index (κ1) is 20.3. The summed E-state index contributed by atoms with van der Waals surface area (Å²) in [6.07, 6.45) is 3.09. The van der Waals surface area contributed by atoms with Crippen molar-refractivity contribution in [1.29, 1.82) is 0 Å². The Hall–Kier alpha value is -2.93. The molecule has 158 valence electrons. The highest BCUT2D eigenvalue weighted by Gasteiger charge is 2.25. The monoisotopic (exact) mass is 411 g/mol. The molecule has 1 amide bonds. The molecule has 1 fully saturated rings. The molecule has 0 radical (unpaired) electrons. The van der Waals surface area contributed by atoms with Gasteiger partial charge in [-0.05, 0) is 50.6 Å². The Balaban J connectivity index is 1.23. The van der Waals surface area contributed by atoms with Crippen molar-refractivity contribution in [3.63, 3.8) is 0 Å². The number of primary amides is 1. The van der Waals surface area contributed by atoms with Crippen LogP contribution in [0.1, 0.15) is 36.4 Å². The van der Waals surface area contributed by atoms with Gasteiger partial charge in [0.05, 0.1) is 18.7 Å². The number of likely N-dealkylation sites (tertiary alicyclic amines) is 1. The molecular formula is C23H26FN3O3. The smallest absolute Gasteiger partial charge is 0.221 e. The molecule has 0 unspecified atom stereocenters. The molecule has 1 aliphatic rings. The second-order valence-corrected chi connectivity index (χ2v) is 7.78. The summed E-state index contributed by atoms with van der Waals surface area (Å²) in [5, 5.41) is 5.12. The fourth-order valence-corrected chi connectivity index (χ4v) is 4.10. The molecule has 30 heavy (non-hydrogen) atoms. The van der Waals surface area contributed by atoms with Gasteiger partial charge in [0.15, 0.2) is 5.58 Å². The summed E-state index contributed by atoms with van der Waals surface area (Å²) < 4.78 is 24.5. The van der Waals surface area contributed by atoms with Crippen LogP contribution in [0.2, 0.25) is 0 Å². The van der Waals surface area contributed by atoms with E-state index >= 15 is 0 Å². The summed E-state index contributed by atoms with van der Waals surface area (Å²) >= 11 is 0. The molecule has 0 atom stereocenters. The van der Waals surface area contributed by atoms with Crippen molar-refractivity contribution in [2.45, 2.75) is 31.6 Å². The van der Waals surface area contributed by atoms with Gasteiger partial charge in [0, 0.05) is 29.5 Å². The van der Waals surface area contributed by atoms with E-state index in [0.29, 0.717) is 18.1 Å². The molecule has 4 rings (SSSR count). The van der Waals surface area contributed by atoms with Crippen LogP contribution in [-0.2, 0) is 11.2 Å². The predicted molar refractivity (Wildman–Crippen MR) is 112 cm³/mol. The topological polar surface area (TPSA) is 81.6 Å². The number of aromatic nitrogens is 1. The van der Waals surface area contributed by atoms with Crippen molar-refractivity contribution >= 4 is 16.9 Å². The molecule has 0 saturated carbocycles. The van der Waals surface area contributed by atoms with E-state index in [2.05, 4.69) is 10.1 Å². The van der Waals surface area contributed by atoms with Crippen LogP contribution in [0, 0.1) is 5.82 Å². The van der Waals surface area contributed by atoms with Gasteiger partial charge in [-0.3, -0.25) is 4.79 Å². The van der Waals surface area contributed by atoms with Gasteiger partial charge in [0.1, 0.15) is 11.6 Å². The normalized spacial score (nSPS) is 15.5. The number of rotatable bonds is 8. The molecule has 2 N–H and O–H groups in total. The van der Waals surface area contributed by atoms with E-state index in [4.69, 9.17) is 15.0 Å². The Bertz CT molecular complexity index is 1010. The maximum atomic E-state index is 13.3. The van der Waals surface area contributed by atoms with Gasteiger partial charge in [-0.1, -0.05) is 23.4 Å². The van der Waals surface area contributed by atoms with Gasteiger partial charge < -0.3 is 19.9 Å². The number of piperidine rings is 1. The first-order valence-corrected chi connectivity index (χ1v) is 10.4. The number of halogens is 1. The molecule has 3 aromatic rings. The summed E-state index contributed by atoms with van der Waals surface area (Å²) in [5.41, 5.74) is 7.58. The Morgan fingerprint density at radius 2 is 2.03 bits per heavy atom. The van der Waals surface area contributed by atoms with Crippen molar-refractivity contribution in [3.8, 4) is 5.75 Å². The third-order valence-electron chi connectivity index (χ3n) is 5.65. The number of carbonyl (C=O) groups is 1. The average Bonchev–Trinajstić information content (AvgIpc) is 3.15. The minimum Gasteiger partial charge on any atom is -0.493 e. The fraction of sp³-hybridized carbons (Fsp3) is 0.391. The molecular weight excluding hydrogens is 385 g/mol.